The Kier molecular flexibility index (Phi) is 6.47. The first kappa shape index (κ1) is 22.3. The van der Waals surface area contributed by atoms with Crippen LogP contribution in [0.15, 0.2) is 35.5 Å². The van der Waals surface area contributed by atoms with Gasteiger partial charge in [-0.15, -0.1) is 0 Å². The summed E-state index contributed by atoms with van der Waals surface area (Å²) in [5.74, 6) is 0.492. The van der Waals surface area contributed by atoms with Crippen molar-refractivity contribution in [2.45, 2.75) is 17.1 Å². The van der Waals surface area contributed by atoms with Crippen molar-refractivity contribution in [1.29, 1.82) is 0 Å². The normalized spacial score (nSPS) is 17.1. The van der Waals surface area contributed by atoms with Crippen molar-refractivity contribution < 1.29 is 17.9 Å². The summed E-state index contributed by atoms with van der Waals surface area (Å²) in [4.78, 5) is 24.4. The number of benzene rings is 1. The largest absolute Gasteiger partial charge is 0.378 e. The monoisotopic (exact) mass is 460 g/mol. The number of likely N-dealkylation sites (tertiary alicyclic amines) is 1. The average molecular weight is 461 g/mol. The van der Waals surface area contributed by atoms with Gasteiger partial charge in [0.25, 0.3) is 0 Å². The summed E-state index contributed by atoms with van der Waals surface area (Å²) in [6.45, 7) is 5.27. The molecule has 2 amide bonds. The van der Waals surface area contributed by atoms with Gasteiger partial charge in [0.15, 0.2) is 9.84 Å². The molecular formula is C21H28N6O4S. The number of amides is 2. The molecule has 172 valence electrons. The van der Waals surface area contributed by atoms with Crippen LogP contribution in [0, 0.1) is 0 Å². The summed E-state index contributed by atoms with van der Waals surface area (Å²) < 4.78 is 32.3. The predicted molar refractivity (Wildman–Crippen MR) is 122 cm³/mol. The quantitative estimate of drug-likeness (QED) is 0.661. The van der Waals surface area contributed by atoms with Crippen LogP contribution in [-0.4, -0.2) is 87.6 Å². The Morgan fingerprint density at radius 2 is 1.81 bits per heavy atom. The van der Waals surface area contributed by atoms with Crippen LogP contribution in [0.4, 0.5) is 16.4 Å². The van der Waals surface area contributed by atoms with Crippen LogP contribution >= 0.6 is 0 Å². The molecule has 0 unspecified atom stereocenters. The van der Waals surface area contributed by atoms with Gasteiger partial charge in [-0.25, -0.2) is 23.2 Å². The van der Waals surface area contributed by atoms with E-state index in [2.05, 4.69) is 25.5 Å². The minimum atomic E-state index is -3.62. The highest BCUT2D eigenvalue weighted by Crippen LogP contribution is 2.32. The van der Waals surface area contributed by atoms with Crippen molar-refractivity contribution in [2.24, 2.45) is 0 Å². The van der Waals surface area contributed by atoms with E-state index in [-0.39, 0.29) is 24.0 Å². The molecule has 2 fully saturated rings. The number of hydrogen-bond donors (Lipinski definition) is 2. The summed E-state index contributed by atoms with van der Waals surface area (Å²) in [5, 5.41) is 4.96. The maximum atomic E-state index is 13.4. The lowest BCUT2D eigenvalue weighted by Gasteiger charge is -2.38. The molecule has 0 bridgehead atoms. The second-order valence-corrected chi connectivity index (χ2v) is 10.00. The molecule has 2 saturated heterocycles. The van der Waals surface area contributed by atoms with Gasteiger partial charge >= 0.3 is 6.03 Å². The van der Waals surface area contributed by atoms with Gasteiger partial charge in [0.2, 0.25) is 5.95 Å². The van der Waals surface area contributed by atoms with Gasteiger partial charge in [-0.3, -0.25) is 0 Å². The number of carbonyl (C=O) groups excluding carboxylic acids is 1. The number of anilines is 2. The molecule has 0 aliphatic carbocycles. The molecule has 11 heteroatoms. The standard InChI is InChI=1S/C21H28N6O4S/c1-3-23-21(28)27-13-19(14-27)32(29,30)18-9-15(16-11-24-20(22-2)25-12-16)8-17(10-18)26-4-6-31-7-5-26/h8-12,19H,3-7,13-14H2,1-2H3,(H,23,28)(H,22,24,25). The zero-order valence-corrected chi connectivity index (χ0v) is 19.1. The molecular weight excluding hydrogens is 432 g/mol. The molecule has 0 spiro atoms. The minimum Gasteiger partial charge on any atom is -0.378 e. The molecule has 3 heterocycles. The second-order valence-electron chi connectivity index (χ2n) is 7.77. The van der Waals surface area contributed by atoms with Crippen LogP contribution in [0.5, 0.6) is 0 Å². The SMILES string of the molecule is CCNC(=O)N1CC(S(=O)(=O)c2cc(-c3cnc(NC)nc3)cc(N3CCOCC3)c2)C1. The molecule has 0 radical (unpaired) electrons. The zero-order valence-electron chi connectivity index (χ0n) is 18.2. The van der Waals surface area contributed by atoms with Crippen LogP contribution in [0.25, 0.3) is 11.1 Å². The van der Waals surface area contributed by atoms with E-state index in [4.69, 9.17) is 4.74 Å². The summed E-state index contributed by atoms with van der Waals surface area (Å²) >= 11 is 0. The maximum absolute atomic E-state index is 13.4. The highest BCUT2D eigenvalue weighted by Gasteiger charge is 2.40. The molecule has 2 aliphatic rings. The van der Waals surface area contributed by atoms with Crippen molar-refractivity contribution in [1.82, 2.24) is 20.2 Å². The van der Waals surface area contributed by atoms with Gasteiger partial charge in [-0.1, -0.05) is 0 Å². The number of carbonyl (C=O) groups is 1. The number of hydrogen-bond acceptors (Lipinski definition) is 8. The van der Waals surface area contributed by atoms with Gasteiger partial charge in [0, 0.05) is 63.4 Å². The molecule has 2 aromatic rings. The zero-order chi connectivity index (χ0) is 22.7. The van der Waals surface area contributed by atoms with Gasteiger partial charge in [-0.05, 0) is 30.7 Å². The lowest BCUT2D eigenvalue weighted by atomic mass is 10.1. The highest BCUT2D eigenvalue weighted by atomic mass is 32.2. The number of nitrogens with one attached hydrogen (secondary N) is 2. The van der Waals surface area contributed by atoms with E-state index in [0.29, 0.717) is 38.8 Å². The van der Waals surface area contributed by atoms with E-state index in [9.17, 15) is 13.2 Å². The van der Waals surface area contributed by atoms with Gasteiger partial charge in [-0.2, -0.15) is 0 Å². The molecule has 0 saturated carbocycles. The van der Waals surface area contributed by atoms with Crippen molar-refractivity contribution in [3.63, 3.8) is 0 Å². The summed E-state index contributed by atoms with van der Waals surface area (Å²) in [6.07, 6.45) is 3.35. The average Bonchev–Trinajstić information content (AvgIpc) is 2.78. The first-order valence-corrected chi connectivity index (χ1v) is 12.2. The van der Waals surface area contributed by atoms with Gasteiger partial charge < -0.3 is 25.2 Å². The van der Waals surface area contributed by atoms with Gasteiger partial charge in [0.1, 0.15) is 5.25 Å². The third-order valence-electron chi connectivity index (χ3n) is 5.71. The Morgan fingerprint density at radius 1 is 1.12 bits per heavy atom. The fourth-order valence-electron chi connectivity index (χ4n) is 3.78. The summed E-state index contributed by atoms with van der Waals surface area (Å²) in [6, 6.07) is 5.13. The van der Waals surface area contributed by atoms with Crippen molar-refractivity contribution in [2.75, 3.05) is 63.2 Å². The molecule has 0 atom stereocenters. The summed E-state index contributed by atoms with van der Waals surface area (Å²) in [5.41, 5.74) is 2.28. The molecule has 2 aliphatic heterocycles. The molecule has 10 nitrogen and oxygen atoms in total. The van der Waals surface area contributed by atoms with Crippen LogP contribution in [0.2, 0.25) is 0 Å². The molecule has 2 N–H and O–H groups in total. The number of morpholine rings is 1. The van der Waals surface area contributed by atoms with E-state index in [1.165, 1.54) is 4.90 Å². The lowest BCUT2D eigenvalue weighted by molar-refractivity contribution is 0.122. The maximum Gasteiger partial charge on any atom is 0.317 e. The van der Waals surface area contributed by atoms with E-state index in [0.717, 1.165) is 16.8 Å². The first-order valence-electron chi connectivity index (χ1n) is 10.7. The Morgan fingerprint density at radius 3 is 2.44 bits per heavy atom. The fourth-order valence-corrected chi connectivity index (χ4v) is 5.49. The smallest absolute Gasteiger partial charge is 0.317 e. The highest BCUT2D eigenvalue weighted by molar-refractivity contribution is 7.92. The Hall–Kier alpha value is -2.92. The second kappa shape index (κ2) is 9.29. The predicted octanol–water partition coefficient (Wildman–Crippen LogP) is 1.21. The van der Waals surface area contributed by atoms with Crippen LogP contribution in [-0.2, 0) is 14.6 Å². The Bertz CT molecular complexity index is 1060. The molecule has 1 aromatic heterocycles. The van der Waals surface area contributed by atoms with Crippen molar-refractivity contribution in [3.05, 3.63) is 30.6 Å². The van der Waals surface area contributed by atoms with Crippen LogP contribution < -0.4 is 15.5 Å². The van der Waals surface area contributed by atoms with E-state index in [1.807, 2.05) is 13.0 Å². The van der Waals surface area contributed by atoms with E-state index in [1.54, 1.807) is 31.6 Å². The number of ether oxygens (including phenoxy) is 1. The number of urea groups is 1. The Labute approximate surface area is 187 Å². The van der Waals surface area contributed by atoms with E-state index >= 15 is 0 Å². The van der Waals surface area contributed by atoms with Crippen LogP contribution in [0.3, 0.4) is 0 Å². The molecule has 1 aromatic carbocycles. The third kappa shape index (κ3) is 4.49. The first-order chi connectivity index (χ1) is 15.4. The minimum absolute atomic E-state index is 0.186. The number of aromatic nitrogens is 2. The van der Waals surface area contributed by atoms with E-state index < -0.39 is 15.1 Å². The van der Waals surface area contributed by atoms with Crippen LogP contribution in [0.1, 0.15) is 6.92 Å². The summed E-state index contributed by atoms with van der Waals surface area (Å²) in [7, 11) is -1.88. The fraction of sp³-hybridized carbons (Fsp3) is 0.476. The van der Waals surface area contributed by atoms with Crippen molar-refractivity contribution in [3.8, 4) is 11.1 Å². The lowest BCUT2D eigenvalue weighted by Crippen LogP contribution is -2.59. The third-order valence-corrected chi connectivity index (χ3v) is 7.78. The molecule has 32 heavy (non-hydrogen) atoms. The van der Waals surface area contributed by atoms with Crippen molar-refractivity contribution >= 4 is 27.5 Å². The number of nitrogens with zero attached hydrogens (tertiary/aromatic N) is 4. The topological polar surface area (TPSA) is 117 Å². The number of rotatable bonds is 6. The molecule has 4 rings (SSSR count). The Balaban J connectivity index is 1.66. The number of sulfone groups is 1. The van der Waals surface area contributed by atoms with Gasteiger partial charge in [0.05, 0.1) is 18.1 Å².